The second-order valence-electron chi connectivity index (χ2n) is 6.90. The predicted molar refractivity (Wildman–Crippen MR) is 129 cm³/mol. The summed E-state index contributed by atoms with van der Waals surface area (Å²) in [6.45, 7) is 0.552. The molecule has 1 aromatic heterocycles. The smallest absolute Gasteiger partial charge is 0.250 e. The highest BCUT2D eigenvalue weighted by atomic mass is 16.5. The molecule has 1 heterocycles. The van der Waals surface area contributed by atoms with Gasteiger partial charge in [0.1, 0.15) is 0 Å². The molecule has 0 bridgehead atoms. The minimum absolute atomic E-state index is 0.00199. The molecule has 3 aromatic carbocycles. The van der Waals surface area contributed by atoms with Crippen LogP contribution in [0.4, 0.5) is 23.5 Å². The summed E-state index contributed by atoms with van der Waals surface area (Å²) in [6, 6.07) is 24.7. The minimum Gasteiger partial charge on any atom is -0.504 e. The Morgan fingerprint density at radius 3 is 2.30 bits per heavy atom. The van der Waals surface area contributed by atoms with E-state index in [0.717, 1.165) is 11.3 Å². The van der Waals surface area contributed by atoms with Gasteiger partial charge >= 0.3 is 0 Å². The van der Waals surface area contributed by atoms with E-state index < -0.39 is 0 Å². The van der Waals surface area contributed by atoms with Gasteiger partial charge in [-0.25, -0.2) is 5.43 Å². The van der Waals surface area contributed by atoms with E-state index in [0.29, 0.717) is 29.8 Å². The van der Waals surface area contributed by atoms with Gasteiger partial charge in [-0.1, -0.05) is 54.6 Å². The van der Waals surface area contributed by atoms with Gasteiger partial charge in [0.15, 0.2) is 11.5 Å². The van der Waals surface area contributed by atoms with Crippen molar-refractivity contribution in [2.45, 2.75) is 6.54 Å². The normalized spacial score (nSPS) is 10.7. The van der Waals surface area contributed by atoms with Crippen LogP contribution in [0.25, 0.3) is 0 Å². The van der Waals surface area contributed by atoms with E-state index in [1.807, 2.05) is 60.7 Å². The van der Waals surface area contributed by atoms with Crippen molar-refractivity contribution in [3.63, 3.8) is 0 Å². The van der Waals surface area contributed by atoms with Crippen LogP contribution in [0.15, 0.2) is 84.0 Å². The van der Waals surface area contributed by atoms with Crippen molar-refractivity contribution in [1.29, 1.82) is 0 Å². The summed E-state index contributed by atoms with van der Waals surface area (Å²) in [6.07, 6.45) is 1.46. The molecule has 0 atom stereocenters. The van der Waals surface area contributed by atoms with Crippen molar-refractivity contribution in [3.8, 4) is 11.5 Å². The van der Waals surface area contributed by atoms with E-state index in [-0.39, 0.29) is 11.7 Å². The van der Waals surface area contributed by atoms with Crippen molar-refractivity contribution >= 4 is 29.7 Å². The third-order valence-electron chi connectivity index (χ3n) is 4.58. The molecule has 4 aromatic rings. The van der Waals surface area contributed by atoms with Gasteiger partial charge in [0.2, 0.25) is 17.8 Å². The molecular weight excluding hydrogens is 418 g/mol. The molecule has 0 unspecified atom stereocenters. The Balaban J connectivity index is 1.54. The van der Waals surface area contributed by atoms with Crippen molar-refractivity contribution in [2.24, 2.45) is 5.10 Å². The molecule has 33 heavy (non-hydrogen) atoms. The zero-order valence-electron chi connectivity index (χ0n) is 17.9. The predicted octanol–water partition coefficient (Wildman–Crippen LogP) is 4.39. The van der Waals surface area contributed by atoms with Gasteiger partial charge in [0, 0.05) is 17.8 Å². The summed E-state index contributed by atoms with van der Waals surface area (Å²) in [5, 5.41) is 20.7. The van der Waals surface area contributed by atoms with E-state index in [2.05, 4.69) is 36.1 Å². The standard InChI is InChI=1S/C24H23N7O2/c1-33-20-14-8-11-18(21(20)32)16-26-31-24-29-22(25-15-17-9-4-2-5-10-17)28-23(30-24)27-19-12-6-3-7-13-19/h2-14,16,32H,15H2,1H3,(H3,25,27,28,29,30,31)/b26-16+. The quantitative estimate of drug-likeness (QED) is 0.223. The number of phenols is 1. The minimum atomic E-state index is -0.00199. The second kappa shape index (κ2) is 10.6. The van der Waals surface area contributed by atoms with Crippen molar-refractivity contribution in [3.05, 3.63) is 90.0 Å². The number of anilines is 4. The number of hydrogen-bond acceptors (Lipinski definition) is 9. The van der Waals surface area contributed by atoms with Crippen LogP contribution in [0.1, 0.15) is 11.1 Å². The molecule has 0 amide bonds. The number of nitrogens with one attached hydrogen (secondary N) is 3. The lowest BCUT2D eigenvalue weighted by molar-refractivity contribution is 0.373. The summed E-state index contributed by atoms with van der Waals surface area (Å²) in [5.74, 6) is 1.33. The second-order valence-corrected chi connectivity index (χ2v) is 6.90. The first kappa shape index (κ1) is 21.6. The number of benzene rings is 3. The zero-order chi connectivity index (χ0) is 22.9. The van der Waals surface area contributed by atoms with Gasteiger partial charge in [-0.3, -0.25) is 0 Å². The molecule has 4 N–H and O–H groups in total. The lowest BCUT2D eigenvalue weighted by Gasteiger charge is -2.10. The maximum atomic E-state index is 10.2. The number of aromatic hydroxyl groups is 1. The number of rotatable bonds is 9. The third kappa shape index (κ3) is 5.95. The largest absolute Gasteiger partial charge is 0.504 e. The molecule has 9 heteroatoms. The van der Waals surface area contributed by atoms with Crippen LogP contribution in [-0.2, 0) is 6.54 Å². The first-order valence-electron chi connectivity index (χ1n) is 10.2. The SMILES string of the molecule is COc1cccc(/C=N/Nc2nc(NCc3ccccc3)nc(Nc3ccccc3)n2)c1O. The molecule has 9 nitrogen and oxygen atoms in total. The van der Waals surface area contributed by atoms with E-state index in [1.54, 1.807) is 18.2 Å². The Morgan fingerprint density at radius 2 is 1.55 bits per heavy atom. The summed E-state index contributed by atoms with van der Waals surface area (Å²) in [5.41, 5.74) is 5.22. The Hall–Kier alpha value is -4.66. The van der Waals surface area contributed by atoms with Gasteiger partial charge < -0.3 is 20.5 Å². The van der Waals surface area contributed by atoms with E-state index in [9.17, 15) is 5.11 Å². The number of nitrogens with zero attached hydrogens (tertiary/aromatic N) is 4. The molecule has 0 aliphatic carbocycles. The Morgan fingerprint density at radius 1 is 0.848 bits per heavy atom. The average Bonchev–Trinajstić information content (AvgIpc) is 2.85. The first-order chi connectivity index (χ1) is 16.2. The molecule has 4 rings (SSSR count). The number of hydrazone groups is 1. The molecule has 0 spiro atoms. The summed E-state index contributed by atoms with van der Waals surface area (Å²) in [4.78, 5) is 13.2. The van der Waals surface area contributed by atoms with Gasteiger partial charge in [0.05, 0.1) is 13.3 Å². The number of methoxy groups -OCH3 is 1. The van der Waals surface area contributed by atoms with Gasteiger partial charge in [-0.15, -0.1) is 0 Å². The summed E-state index contributed by atoms with van der Waals surface area (Å²) < 4.78 is 5.12. The van der Waals surface area contributed by atoms with Gasteiger partial charge in [0.25, 0.3) is 0 Å². The fraction of sp³-hybridized carbons (Fsp3) is 0.0833. The van der Waals surface area contributed by atoms with Crippen LogP contribution in [0.2, 0.25) is 0 Å². The molecule has 0 fully saturated rings. The molecule has 0 saturated heterocycles. The van der Waals surface area contributed by atoms with Crippen molar-refractivity contribution in [2.75, 3.05) is 23.2 Å². The van der Waals surface area contributed by atoms with Gasteiger partial charge in [-0.05, 0) is 29.8 Å². The fourth-order valence-corrected chi connectivity index (χ4v) is 2.96. The number of phenolic OH excluding ortho intramolecular Hbond substituents is 1. The van der Waals surface area contributed by atoms with Crippen LogP contribution in [-0.4, -0.2) is 33.4 Å². The van der Waals surface area contributed by atoms with E-state index in [1.165, 1.54) is 13.3 Å². The highest BCUT2D eigenvalue weighted by Gasteiger charge is 2.08. The highest BCUT2D eigenvalue weighted by Crippen LogP contribution is 2.28. The lowest BCUT2D eigenvalue weighted by Crippen LogP contribution is -2.09. The fourth-order valence-electron chi connectivity index (χ4n) is 2.96. The molecule has 166 valence electrons. The Labute approximate surface area is 191 Å². The van der Waals surface area contributed by atoms with Gasteiger partial charge in [-0.2, -0.15) is 20.1 Å². The number of para-hydroxylation sites is 2. The number of ether oxygens (including phenoxy) is 1. The molecule has 0 aliphatic rings. The van der Waals surface area contributed by atoms with Crippen LogP contribution < -0.4 is 20.8 Å². The van der Waals surface area contributed by atoms with Crippen LogP contribution >= 0.6 is 0 Å². The number of aromatic nitrogens is 3. The van der Waals surface area contributed by atoms with Crippen LogP contribution in [0, 0.1) is 0 Å². The zero-order valence-corrected chi connectivity index (χ0v) is 17.9. The number of hydrogen-bond donors (Lipinski definition) is 4. The molecule has 0 saturated carbocycles. The maximum Gasteiger partial charge on any atom is 0.250 e. The Kier molecular flexibility index (Phi) is 6.92. The molecular formula is C24H23N7O2. The molecule has 0 radical (unpaired) electrons. The maximum absolute atomic E-state index is 10.2. The average molecular weight is 441 g/mol. The first-order valence-corrected chi connectivity index (χ1v) is 10.2. The van der Waals surface area contributed by atoms with E-state index in [4.69, 9.17) is 4.74 Å². The topological polar surface area (TPSA) is 117 Å². The van der Waals surface area contributed by atoms with Crippen molar-refractivity contribution in [1.82, 2.24) is 15.0 Å². The lowest BCUT2D eigenvalue weighted by atomic mass is 10.2. The Bertz CT molecular complexity index is 1220. The summed E-state index contributed by atoms with van der Waals surface area (Å²) in [7, 11) is 1.49. The highest BCUT2D eigenvalue weighted by molar-refractivity contribution is 5.85. The van der Waals surface area contributed by atoms with Crippen molar-refractivity contribution < 1.29 is 9.84 Å². The van der Waals surface area contributed by atoms with Crippen LogP contribution in [0.5, 0.6) is 11.5 Å². The van der Waals surface area contributed by atoms with E-state index >= 15 is 0 Å². The van der Waals surface area contributed by atoms with Crippen LogP contribution in [0.3, 0.4) is 0 Å². The monoisotopic (exact) mass is 441 g/mol. The summed E-state index contributed by atoms with van der Waals surface area (Å²) >= 11 is 0. The molecule has 0 aliphatic heterocycles. The third-order valence-corrected chi connectivity index (χ3v) is 4.58.